The minimum atomic E-state index is -0.322. The van der Waals surface area contributed by atoms with Crippen molar-refractivity contribution in [2.24, 2.45) is 0 Å². The van der Waals surface area contributed by atoms with E-state index in [0.717, 1.165) is 16.6 Å². The van der Waals surface area contributed by atoms with Gasteiger partial charge in [-0.3, -0.25) is 14.6 Å². The van der Waals surface area contributed by atoms with Crippen molar-refractivity contribution in [3.63, 3.8) is 0 Å². The predicted octanol–water partition coefficient (Wildman–Crippen LogP) is 4.91. The van der Waals surface area contributed by atoms with E-state index in [1.165, 1.54) is 0 Å². The van der Waals surface area contributed by atoms with Crippen molar-refractivity contribution in [1.82, 2.24) is 9.97 Å². The first kappa shape index (κ1) is 21.0. The second kappa shape index (κ2) is 9.26. The molecule has 0 atom stereocenters. The lowest BCUT2D eigenvalue weighted by Crippen LogP contribution is -2.14. The number of carbonyl (C=O) groups is 2. The topological polar surface area (TPSA) is 93.2 Å². The van der Waals surface area contributed by atoms with Gasteiger partial charge in [0.1, 0.15) is 5.75 Å². The molecule has 7 nitrogen and oxygen atoms in total. The smallest absolute Gasteiger partial charge is 0.255 e. The van der Waals surface area contributed by atoms with Crippen LogP contribution >= 0.6 is 0 Å². The van der Waals surface area contributed by atoms with Crippen LogP contribution in [0.15, 0.2) is 72.9 Å². The third-order valence-corrected chi connectivity index (χ3v) is 4.92. The fourth-order valence-corrected chi connectivity index (χ4v) is 3.24. The number of ether oxygens (including phenoxy) is 1. The van der Waals surface area contributed by atoms with Crippen LogP contribution in [0.25, 0.3) is 22.3 Å². The van der Waals surface area contributed by atoms with E-state index in [1.54, 1.807) is 56.6 Å². The van der Waals surface area contributed by atoms with Gasteiger partial charge in [-0.25, -0.2) is 4.98 Å². The summed E-state index contributed by atoms with van der Waals surface area (Å²) >= 11 is 0. The zero-order valence-corrected chi connectivity index (χ0v) is 17.8. The Morgan fingerprint density at radius 2 is 1.75 bits per heavy atom. The SMILES string of the molecule is CCC(=O)Nc1cccc(C(=O)Nc2cc(-c3cnc4ccccc4n3)ccc2OC)c1. The summed E-state index contributed by atoms with van der Waals surface area (Å²) in [7, 11) is 1.54. The van der Waals surface area contributed by atoms with E-state index in [1.807, 2.05) is 30.3 Å². The van der Waals surface area contributed by atoms with Crippen LogP contribution in [0.1, 0.15) is 23.7 Å². The molecule has 1 aromatic heterocycles. The highest BCUT2D eigenvalue weighted by atomic mass is 16.5. The molecular formula is C25H22N4O3. The van der Waals surface area contributed by atoms with Crippen LogP contribution in [0.2, 0.25) is 0 Å². The van der Waals surface area contributed by atoms with Gasteiger partial charge >= 0.3 is 0 Å². The largest absolute Gasteiger partial charge is 0.495 e. The summed E-state index contributed by atoms with van der Waals surface area (Å²) in [5.41, 5.74) is 4.57. The summed E-state index contributed by atoms with van der Waals surface area (Å²) in [6.07, 6.45) is 2.06. The molecule has 0 aliphatic heterocycles. The van der Waals surface area contributed by atoms with Crippen LogP contribution in [0.3, 0.4) is 0 Å². The number of hydrogen-bond donors (Lipinski definition) is 2. The lowest BCUT2D eigenvalue weighted by molar-refractivity contribution is -0.115. The fourth-order valence-electron chi connectivity index (χ4n) is 3.24. The number of fused-ring (bicyclic) bond motifs is 1. The van der Waals surface area contributed by atoms with E-state index in [4.69, 9.17) is 4.74 Å². The van der Waals surface area contributed by atoms with E-state index in [-0.39, 0.29) is 11.8 Å². The Morgan fingerprint density at radius 1 is 0.938 bits per heavy atom. The molecule has 0 aliphatic carbocycles. The number of anilines is 2. The number of para-hydroxylation sites is 2. The summed E-state index contributed by atoms with van der Waals surface area (Å²) in [4.78, 5) is 33.7. The van der Waals surface area contributed by atoms with Crippen LogP contribution < -0.4 is 15.4 Å². The van der Waals surface area contributed by atoms with Crippen molar-refractivity contribution >= 4 is 34.2 Å². The highest BCUT2D eigenvalue weighted by Gasteiger charge is 2.13. The van der Waals surface area contributed by atoms with Gasteiger partial charge in [-0.15, -0.1) is 0 Å². The van der Waals surface area contributed by atoms with Gasteiger partial charge in [0.25, 0.3) is 5.91 Å². The lowest BCUT2D eigenvalue weighted by atomic mass is 10.1. The summed E-state index contributed by atoms with van der Waals surface area (Å²) in [5.74, 6) is 0.0809. The maximum Gasteiger partial charge on any atom is 0.255 e. The molecule has 2 N–H and O–H groups in total. The number of hydrogen-bond acceptors (Lipinski definition) is 5. The second-order valence-electron chi connectivity index (χ2n) is 7.10. The molecule has 3 aromatic carbocycles. The van der Waals surface area contributed by atoms with Crippen molar-refractivity contribution in [1.29, 1.82) is 0 Å². The average molecular weight is 426 g/mol. The number of carbonyl (C=O) groups excluding carboxylic acids is 2. The van der Waals surface area contributed by atoms with E-state index in [2.05, 4.69) is 20.6 Å². The lowest BCUT2D eigenvalue weighted by Gasteiger charge is -2.13. The van der Waals surface area contributed by atoms with E-state index >= 15 is 0 Å². The molecule has 0 bridgehead atoms. The standard InChI is InChI=1S/C25H22N4O3/c1-3-24(30)27-18-8-6-7-17(13-18)25(31)29-21-14-16(11-12-23(21)32-2)22-15-26-19-9-4-5-10-20(19)28-22/h4-15H,3H2,1-2H3,(H,27,30)(H,29,31). The van der Waals surface area contributed by atoms with Crippen LogP contribution in [0.5, 0.6) is 5.75 Å². The van der Waals surface area contributed by atoms with Gasteiger partial charge in [0.05, 0.1) is 35.7 Å². The average Bonchev–Trinajstić information content (AvgIpc) is 2.83. The number of benzene rings is 3. The first-order valence-corrected chi connectivity index (χ1v) is 10.2. The van der Waals surface area contributed by atoms with Gasteiger partial charge in [0, 0.05) is 23.2 Å². The van der Waals surface area contributed by atoms with Crippen LogP contribution in [-0.2, 0) is 4.79 Å². The highest BCUT2D eigenvalue weighted by molar-refractivity contribution is 6.06. The highest BCUT2D eigenvalue weighted by Crippen LogP contribution is 2.31. The molecular weight excluding hydrogens is 404 g/mol. The Labute approximate surface area is 185 Å². The third-order valence-electron chi connectivity index (χ3n) is 4.92. The van der Waals surface area contributed by atoms with Crippen molar-refractivity contribution in [2.75, 3.05) is 17.7 Å². The number of nitrogens with zero attached hydrogens (tertiary/aromatic N) is 2. The molecule has 7 heteroatoms. The quantitative estimate of drug-likeness (QED) is 0.457. The first-order chi connectivity index (χ1) is 15.6. The molecule has 32 heavy (non-hydrogen) atoms. The Bertz CT molecular complexity index is 1300. The molecule has 0 radical (unpaired) electrons. The van der Waals surface area contributed by atoms with Gasteiger partial charge in [-0.05, 0) is 48.5 Å². The maximum atomic E-state index is 12.9. The predicted molar refractivity (Wildman–Crippen MR) is 125 cm³/mol. The number of aromatic nitrogens is 2. The number of amides is 2. The Balaban J connectivity index is 1.62. The second-order valence-corrected chi connectivity index (χ2v) is 7.10. The van der Waals surface area contributed by atoms with Crippen LogP contribution in [0, 0.1) is 0 Å². The molecule has 0 aliphatic rings. The number of rotatable bonds is 6. The van der Waals surface area contributed by atoms with E-state index in [9.17, 15) is 9.59 Å². The van der Waals surface area contributed by atoms with Gasteiger partial charge < -0.3 is 15.4 Å². The van der Waals surface area contributed by atoms with Crippen LogP contribution in [0.4, 0.5) is 11.4 Å². The minimum Gasteiger partial charge on any atom is -0.495 e. The van der Waals surface area contributed by atoms with Crippen LogP contribution in [-0.4, -0.2) is 28.9 Å². The van der Waals surface area contributed by atoms with Gasteiger partial charge in [-0.1, -0.05) is 25.1 Å². The van der Waals surface area contributed by atoms with Crippen molar-refractivity contribution in [2.45, 2.75) is 13.3 Å². The molecule has 0 spiro atoms. The van der Waals surface area contributed by atoms with Gasteiger partial charge in [-0.2, -0.15) is 0 Å². The molecule has 4 aromatic rings. The number of methoxy groups -OCH3 is 1. The first-order valence-electron chi connectivity index (χ1n) is 10.2. The van der Waals surface area contributed by atoms with Gasteiger partial charge in [0.15, 0.2) is 0 Å². The zero-order chi connectivity index (χ0) is 22.5. The van der Waals surface area contributed by atoms with E-state index in [0.29, 0.717) is 34.8 Å². The molecule has 0 fully saturated rings. The Hall–Kier alpha value is -4.26. The van der Waals surface area contributed by atoms with E-state index < -0.39 is 0 Å². The summed E-state index contributed by atoms with van der Waals surface area (Å²) in [6.45, 7) is 1.77. The van der Waals surface area contributed by atoms with Crippen molar-refractivity contribution in [3.05, 3.63) is 78.5 Å². The molecule has 1 heterocycles. The Morgan fingerprint density at radius 3 is 2.53 bits per heavy atom. The molecule has 4 rings (SSSR count). The minimum absolute atomic E-state index is 0.117. The summed E-state index contributed by atoms with van der Waals surface area (Å²) in [6, 6.07) is 19.9. The fraction of sp³-hybridized carbons (Fsp3) is 0.120. The van der Waals surface area contributed by atoms with Gasteiger partial charge in [0.2, 0.25) is 5.91 Å². The normalized spacial score (nSPS) is 10.6. The van der Waals surface area contributed by atoms with Crippen molar-refractivity contribution < 1.29 is 14.3 Å². The zero-order valence-electron chi connectivity index (χ0n) is 17.8. The summed E-state index contributed by atoms with van der Waals surface area (Å²) < 4.78 is 5.43. The monoisotopic (exact) mass is 426 g/mol. The van der Waals surface area contributed by atoms with Crippen molar-refractivity contribution in [3.8, 4) is 17.0 Å². The third kappa shape index (κ3) is 4.57. The molecule has 2 amide bonds. The maximum absolute atomic E-state index is 12.9. The number of nitrogens with one attached hydrogen (secondary N) is 2. The molecule has 0 saturated carbocycles. The molecule has 0 saturated heterocycles. The summed E-state index contributed by atoms with van der Waals surface area (Å²) in [5, 5.41) is 5.65. The Kier molecular flexibility index (Phi) is 6.07. The molecule has 160 valence electrons. The molecule has 0 unspecified atom stereocenters.